The minimum Gasteiger partial charge on any atom is -0.382 e. The van der Waals surface area contributed by atoms with Gasteiger partial charge in [0.15, 0.2) is 11.5 Å². The number of aromatic nitrogens is 2. The molecule has 1 aromatic carbocycles. The lowest BCUT2D eigenvalue weighted by Gasteiger charge is -2.16. The highest BCUT2D eigenvalue weighted by molar-refractivity contribution is 5.96. The van der Waals surface area contributed by atoms with Crippen LogP contribution in [0.1, 0.15) is 28.9 Å². The summed E-state index contributed by atoms with van der Waals surface area (Å²) in [5.41, 5.74) is 7.27. The first-order chi connectivity index (χ1) is 11.7. The maximum Gasteiger partial charge on any atom is 0.276 e. The summed E-state index contributed by atoms with van der Waals surface area (Å²) in [4.78, 5) is 22.1. The second kappa shape index (κ2) is 7.88. The first-order valence-corrected chi connectivity index (χ1v) is 8.25. The first kappa shape index (κ1) is 16.4. The van der Waals surface area contributed by atoms with Crippen LogP contribution in [0.15, 0.2) is 42.7 Å². The quantitative estimate of drug-likeness (QED) is 0.820. The molecule has 1 aliphatic heterocycles. The molecule has 0 spiro atoms. The number of carbonyl (C=O) groups excluding carboxylic acids is 1. The van der Waals surface area contributed by atoms with Crippen LogP contribution in [0.5, 0.6) is 0 Å². The van der Waals surface area contributed by atoms with Crippen molar-refractivity contribution in [1.29, 1.82) is 0 Å². The highest BCUT2D eigenvalue weighted by atomic mass is 16.5. The predicted octanol–water partition coefficient (Wildman–Crippen LogP) is 1.92. The Balaban J connectivity index is 1.42. The number of anilines is 1. The summed E-state index contributed by atoms with van der Waals surface area (Å²) >= 11 is 0. The normalized spacial score (nSPS) is 17.2. The summed E-state index contributed by atoms with van der Waals surface area (Å²) in [5.74, 6) is 0.00529. The highest BCUT2D eigenvalue weighted by Gasteiger charge is 2.29. The summed E-state index contributed by atoms with van der Waals surface area (Å²) in [7, 11) is 0. The molecule has 3 rings (SSSR count). The zero-order valence-corrected chi connectivity index (χ0v) is 13.6. The molecule has 0 bridgehead atoms. The van der Waals surface area contributed by atoms with Crippen LogP contribution in [0.4, 0.5) is 5.82 Å². The van der Waals surface area contributed by atoms with Crippen LogP contribution in [0, 0.1) is 0 Å². The van der Waals surface area contributed by atoms with Crippen molar-refractivity contribution in [2.45, 2.75) is 25.4 Å². The second-order valence-electron chi connectivity index (χ2n) is 5.91. The summed E-state index contributed by atoms with van der Waals surface area (Å²) in [6.45, 7) is 1.95. The van der Waals surface area contributed by atoms with Crippen molar-refractivity contribution in [2.24, 2.45) is 0 Å². The van der Waals surface area contributed by atoms with Crippen molar-refractivity contribution in [3.05, 3.63) is 54.0 Å². The van der Waals surface area contributed by atoms with Gasteiger partial charge in [0.2, 0.25) is 0 Å². The monoisotopic (exact) mass is 326 g/mol. The molecule has 0 radical (unpaired) electrons. The Morgan fingerprint density at radius 1 is 1.25 bits per heavy atom. The minimum absolute atomic E-state index is 0.0858. The van der Waals surface area contributed by atoms with E-state index in [1.54, 1.807) is 4.90 Å². The molecule has 6 heteroatoms. The number of rotatable bonds is 6. The number of nitrogens with zero attached hydrogens (tertiary/aromatic N) is 3. The van der Waals surface area contributed by atoms with Crippen molar-refractivity contribution in [2.75, 3.05) is 25.4 Å². The van der Waals surface area contributed by atoms with Gasteiger partial charge in [0.05, 0.1) is 6.10 Å². The third kappa shape index (κ3) is 4.08. The van der Waals surface area contributed by atoms with Crippen LogP contribution < -0.4 is 5.73 Å². The van der Waals surface area contributed by atoms with E-state index in [1.807, 2.05) is 6.07 Å². The Kier molecular flexibility index (Phi) is 5.38. The average molecular weight is 326 g/mol. The number of aryl methyl sites for hydroxylation is 1. The topological polar surface area (TPSA) is 81.3 Å². The second-order valence-corrected chi connectivity index (χ2v) is 5.91. The molecule has 1 fully saturated rings. The van der Waals surface area contributed by atoms with Gasteiger partial charge in [-0.25, -0.2) is 9.97 Å². The lowest BCUT2D eigenvalue weighted by Crippen LogP contribution is -2.31. The van der Waals surface area contributed by atoms with Gasteiger partial charge in [0.1, 0.15) is 0 Å². The molecule has 1 unspecified atom stereocenters. The fraction of sp³-hybridized carbons (Fsp3) is 0.389. The van der Waals surface area contributed by atoms with Crippen molar-refractivity contribution >= 4 is 11.7 Å². The molecule has 2 N–H and O–H groups in total. The van der Waals surface area contributed by atoms with Gasteiger partial charge in [-0.3, -0.25) is 4.79 Å². The molecule has 2 heterocycles. The van der Waals surface area contributed by atoms with Crippen LogP contribution in [-0.2, 0) is 11.2 Å². The lowest BCUT2D eigenvalue weighted by atomic mass is 10.1. The SMILES string of the molecule is Nc1nccnc1C(=O)N1CCC(OCCCc2ccccc2)C1. The lowest BCUT2D eigenvalue weighted by molar-refractivity contribution is 0.0523. The van der Waals surface area contributed by atoms with E-state index in [-0.39, 0.29) is 23.5 Å². The maximum atomic E-state index is 12.4. The van der Waals surface area contributed by atoms with Gasteiger partial charge >= 0.3 is 0 Å². The minimum atomic E-state index is -0.170. The number of nitrogen functional groups attached to an aromatic ring is 1. The highest BCUT2D eigenvalue weighted by Crippen LogP contribution is 2.17. The first-order valence-electron chi connectivity index (χ1n) is 8.25. The number of carbonyl (C=O) groups is 1. The number of hydrogen-bond acceptors (Lipinski definition) is 5. The van der Waals surface area contributed by atoms with Gasteiger partial charge in [-0.15, -0.1) is 0 Å². The van der Waals surface area contributed by atoms with E-state index in [2.05, 4.69) is 34.2 Å². The summed E-state index contributed by atoms with van der Waals surface area (Å²) in [6, 6.07) is 10.4. The van der Waals surface area contributed by atoms with E-state index in [4.69, 9.17) is 10.5 Å². The molecule has 1 saturated heterocycles. The predicted molar refractivity (Wildman–Crippen MR) is 91.5 cm³/mol. The van der Waals surface area contributed by atoms with Crippen LogP contribution in [0.25, 0.3) is 0 Å². The Morgan fingerprint density at radius 3 is 2.83 bits per heavy atom. The van der Waals surface area contributed by atoms with Gasteiger partial charge in [0.25, 0.3) is 5.91 Å². The van der Waals surface area contributed by atoms with Gasteiger partial charge in [-0.1, -0.05) is 30.3 Å². The van der Waals surface area contributed by atoms with E-state index in [1.165, 1.54) is 18.0 Å². The Morgan fingerprint density at radius 2 is 2.04 bits per heavy atom. The van der Waals surface area contributed by atoms with Crippen LogP contribution in [0.3, 0.4) is 0 Å². The molecule has 24 heavy (non-hydrogen) atoms. The zero-order valence-electron chi connectivity index (χ0n) is 13.6. The molecule has 0 saturated carbocycles. The van der Waals surface area contributed by atoms with E-state index in [0.717, 1.165) is 19.3 Å². The summed E-state index contributed by atoms with van der Waals surface area (Å²) in [5, 5.41) is 0. The molecule has 126 valence electrons. The summed E-state index contributed by atoms with van der Waals surface area (Å²) < 4.78 is 5.91. The Bertz CT molecular complexity index is 678. The van der Waals surface area contributed by atoms with Gasteiger partial charge < -0.3 is 15.4 Å². The Labute approximate surface area is 141 Å². The Hall–Kier alpha value is -2.47. The zero-order chi connectivity index (χ0) is 16.8. The maximum absolute atomic E-state index is 12.4. The number of amides is 1. The largest absolute Gasteiger partial charge is 0.382 e. The van der Waals surface area contributed by atoms with Crippen molar-refractivity contribution in [1.82, 2.24) is 14.9 Å². The molecule has 0 aliphatic carbocycles. The third-order valence-electron chi connectivity index (χ3n) is 4.17. The molecule has 1 aliphatic rings. The van der Waals surface area contributed by atoms with E-state index < -0.39 is 0 Å². The molecular formula is C18H22N4O2. The van der Waals surface area contributed by atoms with Crippen molar-refractivity contribution in [3.8, 4) is 0 Å². The molecule has 1 aromatic heterocycles. The number of benzene rings is 1. The van der Waals surface area contributed by atoms with Crippen molar-refractivity contribution in [3.63, 3.8) is 0 Å². The third-order valence-corrected chi connectivity index (χ3v) is 4.17. The van der Waals surface area contributed by atoms with Crippen molar-refractivity contribution < 1.29 is 9.53 Å². The van der Waals surface area contributed by atoms with E-state index in [9.17, 15) is 4.79 Å². The summed E-state index contributed by atoms with van der Waals surface area (Å²) in [6.07, 6.45) is 5.88. The molecule has 1 atom stereocenters. The van der Waals surface area contributed by atoms with Gasteiger partial charge in [0, 0.05) is 32.1 Å². The number of likely N-dealkylation sites (tertiary alicyclic amines) is 1. The van der Waals surface area contributed by atoms with Crippen LogP contribution >= 0.6 is 0 Å². The molecule has 1 amide bonds. The molecule has 6 nitrogen and oxygen atoms in total. The fourth-order valence-electron chi connectivity index (χ4n) is 2.88. The van der Waals surface area contributed by atoms with Crippen LogP contribution in [0.2, 0.25) is 0 Å². The number of hydrogen-bond donors (Lipinski definition) is 1. The smallest absolute Gasteiger partial charge is 0.276 e. The number of nitrogens with two attached hydrogens (primary N) is 1. The standard InChI is InChI=1S/C18H22N4O2/c19-17-16(20-9-10-21-17)18(23)22-11-8-15(13-22)24-12-4-7-14-5-2-1-3-6-14/h1-3,5-6,9-10,15H,4,7-8,11-13H2,(H2,19,21). The van der Waals surface area contributed by atoms with Gasteiger partial charge in [-0.05, 0) is 24.8 Å². The fourth-order valence-corrected chi connectivity index (χ4v) is 2.88. The molecule has 2 aromatic rings. The van der Waals surface area contributed by atoms with Gasteiger partial charge in [-0.2, -0.15) is 0 Å². The molecular weight excluding hydrogens is 304 g/mol. The van der Waals surface area contributed by atoms with Crippen LogP contribution in [-0.4, -0.2) is 46.6 Å². The number of ether oxygens (including phenoxy) is 1. The van der Waals surface area contributed by atoms with E-state index in [0.29, 0.717) is 19.7 Å². The van der Waals surface area contributed by atoms with E-state index >= 15 is 0 Å². The average Bonchev–Trinajstić information content (AvgIpc) is 3.08.